The Balaban J connectivity index is 1.72. The van der Waals surface area contributed by atoms with E-state index in [0.29, 0.717) is 39.6 Å². The minimum atomic E-state index is -0.859. The second kappa shape index (κ2) is 8.66. The van der Waals surface area contributed by atoms with Gasteiger partial charge in [-0.15, -0.1) is 0 Å². The number of nitrogens with one attached hydrogen (secondary N) is 1. The fourth-order valence-electron chi connectivity index (χ4n) is 2.73. The molecule has 1 amide bonds. The van der Waals surface area contributed by atoms with E-state index in [1.807, 2.05) is 0 Å². The number of amides is 1. The molecule has 1 aliphatic rings. The highest BCUT2D eigenvalue weighted by Gasteiger charge is 2.23. The fourth-order valence-corrected chi connectivity index (χ4v) is 2.73. The first-order valence-corrected chi connectivity index (χ1v) is 8.34. The van der Waals surface area contributed by atoms with Crippen LogP contribution in [0.5, 0.6) is 23.0 Å². The zero-order chi connectivity index (χ0) is 20.1. The topological polar surface area (TPSA) is 87.6 Å². The third-order valence-corrected chi connectivity index (χ3v) is 4.13. The minimum Gasteiger partial charge on any atom is -0.497 e. The molecule has 9 heteroatoms. The summed E-state index contributed by atoms with van der Waals surface area (Å²) >= 11 is 0. The molecule has 1 N–H and O–H groups in total. The third-order valence-electron chi connectivity index (χ3n) is 4.13. The molecule has 0 aliphatic carbocycles. The zero-order valence-electron chi connectivity index (χ0n) is 15.7. The van der Waals surface area contributed by atoms with Gasteiger partial charge in [-0.05, 0) is 35.3 Å². The summed E-state index contributed by atoms with van der Waals surface area (Å²) in [5.41, 5.74) is 4.10. The molecule has 0 saturated carbocycles. The monoisotopic (exact) mass is 382 g/mol. The molecule has 2 aromatic carbocycles. The lowest BCUT2D eigenvalue weighted by Crippen LogP contribution is -2.26. The van der Waals surface area contributed by atoms with Crippen molar-refractivity contribution in [1.82, 2.24) is 5.43 Å². The first kappa shape index (κ1) is 19.6. The number of hydrogen-bond donors (Lipinski definition) is 1. The van der Waals surface area contributed by atoms with Crippen molar-refractivity contribution in [2.45, 2.75) is 6.10 Å². The van der Waals surface area contributed by atoms with Crippen LogP contribution >= 0.6 is 0 Å². The molecule has 1 unspecified atom stereocenters. The Kier molecular flexibility index (Phi) is 6.05. The van der Waals surface area contributed by atoms with E-state index < -0.39 is 12.0 Å². The van der Waals surface area contributed by atoms with E-state index in [9.17, 15) is 4.79 Å². The number of ether oxygens (including phenoxy) is 5. The molecular weight excluding hydrogens is 363 g/mol. The van der Waals surface area contributed by atoms with Crippen LogP contribution in [0.25, 0.3) is 0 Å². The summed E-state index contributed by atoms with van der Waals surface area (Å²) in [6.45, 7) is 0.154. The van der Waals surface area contributed by atoms with Crippen LogP contribution in [0.4, 0.5) is 0 Å². The predicted molar refractivity (Wildman–Crippen MR) is 103 cm³/mol. The number of hydrogen-bond acceptors (Lipinski definition) is 7. The molecule has 144 valence electrons. The minimum absolute atomic E-state index is 0.154. The average molecular weight is 382 g/mol. The normalized spacial score (nSPS) is 13.4. The van der Waals surface area contributed by atoms with Gasteiger partial charge in [0.15, 0.2) is 17.6 Å². The van der Waals surface area contributed by atoms with Gasteiger partial charge in [0.2, 0.25) is 6.79 Å². The Morgan fingerprint density at radius 2 is 1.82 bits per heavy atom. The van der Waals surface area contributed by atoms with Gasteiger partial charge in [0.05, 0.1) is 20.4 Å². The van der Waals surface area contributed by atoms with Crippen LogP contribution in [0.15, 0.2) is 35.4 Å². The second-order valence-electron chi connectivity index (χ2n) is 5.80. The Hall–Kier alpha value is -3.20. The summed E-state index contributed by atoms with van der Waals surface area (Å²) in [7, 11) is 10.4. The standard InChI is InChI=1S/C19H19BN2O6/c1-24-15-6-11(7-16(25-2)17(15)20)9-21-22-19(23)18(26-3)12-4-5-13-14(8-12)28-10-27-13/h4-9,18H,10H2,1-3H3,(H,22,23)/b21-9+. The first-order valence-electron chi connectivity index (χ1n) is 8.34. The van der Waals surface area contributed by atoms with E-state index in [1.54, 1.807) is 30.3 Å². The van der Waals surface area contributed by atoms with Gasteiger partial charge in [-0.1, -0.05) is 6.07 Å². The second-order valence-corrected chi connectivity index (χ2v) is 5.80. The van der Waals surface area contributed by atoms with Gasteiger partial charge in [0.1, 0.15) is 19.3 Å². The molecule has 1 atom stereocenters. The number of methoxy groups -OCH3 is 3. The molecule has 2 radical (unpaired) electrons. The maximum Gasteiger partial charge on any atom is 0.273 e. The number of benzene rings is 2. The van der Waals surface area contributed by atoms with Crippen molar-refractivity contribution in [3.8, 4) is 23.0 Å². The number of rotatable bonds is 7. The van der Waals surface area contributed by atoms with Crippen molar-refractivity contribution in [1.29, 1.82) is 0 Å². The van der Waals surface area contributed by atoms with Gasteiger partial charge in [-0.2, -0.15) is 5.10 Å². The Morgan fingerprint density at radius 3 is 2.46 bits per heavy atom. The van der Waals surface area contributed by atoms with E-state index in [0.717, 1.165) is 0 Å². The molecular formula is C19H19BN2O6. The molecule has 28 heavy (non-hydrogen) atoms. The Bertz CT molecular complexity index is 877. The van der Waals surface area contributed by atoms with E-state index in [-0.39, 0.29) is 6.79 Å². The van der Waals surface area contributed by atoms with Crippen LogP contribution < -0.4 is 29.8 Å². The molecule has 0 saturated heterocycles. The zero-order valence-corrected chi connectivity index (χ0v) is 15.7. The molecule has 2 aromatic rings. The molecule has 0 fully saturated rings. The maximum atomic E-state index is 12.5. The van der Waals surface area contributed by atoms with Crippen molar-refractivity contribution in [2.75, 3.05) is 28.1 Å². The van der Waals surface area contributed by atoms with Gasteiger partial charge in [-0.25, -0.2) is 5.43 Å². The summed E-state index contributed by atoms with van der Waals surface area (Å²) in [5, 5.41) is 3.98. The molecule has 0 aromatic heterocycles. The van der Waals surface area contributed by atoms with Gasteiger partial charge >= 0.3 is 0 Å². The van der Waals surface area contributed by atoms with Crippen molar-refractivity contribution in [3.63, 3.8) is 0 Å². The van der Waals surface area contributed by atoms with Crippen LogP contribution in [0.1, 0.15) is 17.2 Å². The lowest BCUT2D eigenvalue weighted by molar-refractivity contribution is -0.131. The van der Waals surface area contributed by atoms with Crippen LogP contribution in [0.2, 0.25) is 0 Å². The van der Waals surface area contributed by atoms with Crippen molar-refractivity contribution < 1.29 is 28.5 Å². The Labute approximate surface area is 163 Å². The van der Waals surface area contributed by atoms with Crippen molar-refractivity contribution >= 4 is 25.4 Å². The van der Waals surface area contributed by atoms with E-state index in [1.165, 1.54) is 27.5 Å². The maximum absolute atomic E-state index is 12.5. The van der Waals surface area contributed by atoms with E-state index in [4.69, 9.17) is 31.5 Å². The summed E-state index contributed by atoms with van der Waals surface area (Å²) in [5.74, 6) is 1.65. The first-order chi connectivity index (χ1) is 13.6. The summed E-state index contributed by atoms with van der Waals surface area (Å²) in [6, 6.07) is 8.53. The van der Waals surface area contributed by atoms with Gasteiger partial charge in [0.25, 0.3) is 5.91 Å². The van der Waals surface area contributed by atoms with Crippen LogP contribution in [-0.2, 0) is 9.53 Å². The average Bonchev–Trinajstić information content (AvgIpc) is 3.17. The lowest BCUT2D eigenvalue weighted by atomic mass is 9.92. The molecule has 1 aliphatic heterocycles. The van der Waals surface area contributed by atoms with Crippen molar-refractivity contribution in [3.05, 3.63) is 41.5 Å². The summed E-state index contributed by atoms with van der Waals surface area (Å²) in [4.78, 5) is 12.5. The molecule has 8 nitrogen and oxygen atoms in total. The van der Waals surface area contributed by atoms with Crippen LogP contribution in [0.3, 0.4) is 0 Å². The van der Waals surface area contributed by atoms with E-state index >= 15 is 0 Å². The molecule has 3 rings (SSSR count). The van der Waals surface area contributed by atoms with Crippen molar-refractivity contribution in [2.24, 2.45) is 5.10 Å². The molecule has 0 bridgehead atoms. The van der Waals surface area contributed by atoms with Gasteiger partial charge in [-0.3, -0.25) is 4.79 Å². The molecule has 0 spiro atoms. The lowest BCUT2D eigenvalue weighted by Gasteiger charge is -2.14. The summed E-state index contributed by atoms with van der Waals surface area (Å²) in [6.07, 6.45) is 0.594. The smallest absolute Gasteiger partial charge is 0.273 e. The SMILES string of the molecule is [B]c1c(OC)cc(/C=N/NC(=O)C(OC)c2ccc3c(c2)OCO3)cc1OC. The van der Waals surface area contributed by atoms with Crippen LogP contribution in [-0.4, -0.2) is 48.1 Å². The van der Waals surface area contributed by atoms with Crippen LogP contribution in [0, 0.1) is 0 Å². The summed E-state index contributed by atoms with van der Waals surface area (Å²) < 4.78 is 26.3. The quantitative estimate of drug-likeness (QED) is 0.438. The van der Waals surface area contributed by atoms with Gasteiger partial charge < -0.3 is 23.7 Å². The number of carbonyl (C=O) groups excluding carboxylic acids is 1. The largest absolute Gasteiger partial charge is 0.497 e. The van der Waals surface area contributed by atoms with Gasteiger partial charge in [0, 0.05) is 12.7 Å². The third kappa shape index (κ3) is 4.04. The molecule has 1 heterocycles. The van der Waals surface area contributed by atoms with E-state index in [2.05, 4.69) is 10.5 Å². The number of carbonyl (C=O) groups is 1. The number of fused-ring (bicyclic) bond motifs is 1. The number of hydrazone groups is 1. The highest BCUT2D eigenvalue weighted by Crippen LogP contribution is 2.34. The Morgan fingerprint density at radius 1 is 1.14 bits per heavy atom. The predicted octanol–water partition coefficient (Wildman–Crippen LogP) is 1.06. The fraction of sp³-hybridized carbons (Fsp3) is 0.263. The number of nitrogens with zero attached hydrogens (tertiary/aromatic N) is 1. The highest BCUT2D eigenvalue weighted by molar-refractivity contribution is 6.36. The highest BCUT2D eigenvalue weighted by atomic mass is 16.7.